The SMILES string of the molecule is C=C(C)C(=O)OCC(CCCC)S(=O)O. The van der Waals surface area contributed by atoms with Crippen LogP contribution in [0.3, 0.4) is 0 Å². The topological polar surface area (TPSA) is 63.6 Å². The normalized spacial score (nSPS) is 14.3. The summed E-state index contributed by atoms with van der Waals surface area (Å²) in [5.74, 6) is -0.512. The van der Waals surface area contributed by atoms with Crippen molar-refractivity contribution in [3.8, 4) is 0 Å². The molecule has 0 aliphatic rings. The highest BCUT2D eigenvalue weighted by Gasteiger charge is 2.17. The second kappa shape index (κ2) is 7.59. The van der Waals surface area contributed by atoms with Gasteiger partial charge in [0.2, 0.25) is 0 Å². The Hall–Kier alpha value is -0.680. The summed E-state index contributed by atoms with van der Waals surface area (Å²) in [6.45, 7) is 6.95. The lowest BCUT2D eigenvalue weighted by Gasteiger charge is -2.12. The zero-order chi connectivity index (χ0) is 11.8. The zero-order valence-electron chi connectivity index (χ0n) is 9.19. The lowest BCUT2D eigenvalue weighted by Crippen LogP contribution is -2.23. The van der Waals surface area contributed by atoms with E-state index in [2.05, 4.69) is 6.58 Å². The quantitative estimate of drug-likeness (QED) is 0.415. The maximum absolute atomic E-state index is 11.0. The lowest BCUT2D eigenvalue weighted by molar-refractivity contribution is -0.138. The number of carbonyl (C=O) groups is 1. The van der Waals surface area contributed by atoms with E-state index in [0.717, 1.165) is 12.8 Å². The van der Waals surface area contributed by atoms with Crippen molar-refractivity contribution in [1.82, 2.24) is 0 Å². The first kappa shape index (κ1) is 14.3. The molecule has 88 valence electrons. The van der Waals surface area contributed by atoms with Crippen molar-refractivity contribution in [1.29, 1.82) is 0 Å². The molecule has 0 fully saturated rings. The van der Waals surface area contributed by atoms with Crippen molar-refractivity contribution in [3.63, 3.8) is 0 Å². The molecule has 0 aliphatic heterocycles. The first-order valence-corrected chi connectivity index (χ1v) is 6.08. The van der Waals surface area contributed by atoms with Crippen molar-refractivity contribution < 1.29 is 18.3 Å². The molecule has 0 spiro atoms. The molecule has 2 atom stereocenters. The fourth-order valence-electron chi connectivity index (χ4n) is 0.966. The Kier molecular flexibility index (Phi) is 7.25. The Bertz CT molecular complexity index is 250. The molecule has 0 bridgehead atoms. The van der Waals surface area contributed by atoms with E-state index in [1.165, 1.54) is 0 Å². The van der Waals surface area contributed by atoms with Crippen LogP contribution in [0, 0.1) is 0 Å². The summed E-state index contributed by atoms with van der Waals surface area (Å²) >= 11 is -1.94. The molecule has 0 aromatic carbocycles. The maximum Gasteiger partial charge on any atom is 0.333 e. The summed E-state index contributed by atoms with van der Waals surface area (Å²) < 4.78 is 24.7. The Balaban J connectivity index is 4.01. The van der Waals surface area contributed by atoms with Crippen LogP contribution in [0.1, 0.15) is 33.1 Å². The maximum atomic E-state index is 11.0. The number of hydrogen-bond donors (Lipinski definition) is 1. The Morgan fingerprint density at radius 2 is 2.20 bits per heavy atom. The van der Waals surface area contributed by atoms with Crippen LogP contribution in [0.25, 0.3) is 0 Å². The lowest BCUT2D eigenvalue weighted by atomic mass is 10.2. The molecule has 5 heteroatoms. The van der Waals surface area contributed by atoms with E-state index in [-0.39, 0.29) is 6.61 Å². The van der Waals surface area contributed by atoms with Gasteiger partial charge in [-0.1, -0.05) is 26.3 Å². The minimum absolute atomic E-state index is 0.0190. The molecular formula is C10H18O4S. The summed E-state index contributed by atoms with van der Waals surface area (Å²) in [6, 6.07) is 0. The van der Waals surface area contributed by atoms with Gasteiger partial charge in [-0.2, -0.15) is 0 Å². The molecule has 0 saturated heterocycles. The predicted octanol–water partition coefficient (Wildman–Crippen LogP) is 1.89. The summed E-state index contributed by atoms with van der Waals surface area (Å²) in [5, 5.41) is -0.492. The van der Waals surface area contributed by atoms with Gasteiger partial charge < -0.3 is 9.29 Å². The number of hydrogen-bond acceptors (Lipinski definition) is 3. The van der Waals surface area contributed by atoms with Gasteiger partial charge in [0, 0.05) is 5.57 Å². The molecule has 0 radical (unpaired) electrons. The largest absolute Gasteiger partial charge is 0.461 e. The molecular weight excluding hydrogens is 216 g/mol. The molecule has 1 N–H and O–H groups in total. The van der Waals surface area contributed by atoms with Gasteiger partial charge in [0.15, 0.2) is 11.1 Å². The molecule has 0 aromatic heterocycles. The van der Waals surface area contributed by atoms with E-state index in [0.29, 0.717) is 12.0 Å². The van der Waals surface area contributed by atoms with E-state index in [1.807, 2.05) is 6.92 Å². The average molecular weight is 234 g/mol. The molecule has 0 saturated carbocycles. The van der Waals surface area contributed by atoms with Gasteiger partial charge in [0.05, 0.1) is 5.25 Å². The second-order valence-electron chi connectivity index (χ2n) is 3.42. The first-order valence-electron chi connectivity index (χ1n) is 4.91. The van der Waals surface area contributed by atoms with Gasteiger partial charge in [-0.15, -0.1) is 0 Å². The number of esters is 1. The van der Waals surface area contributed by atoms with Crippen molar-refractivity contribution in [2.24, 2.45) is 0 Å². The van der Waals surface area contributed by atoms with E-state index in [1.54, 1.807) is 6.92 Å². The highest BCUT2D eigenvalue weighted by molar-refractivity contribution is 7.79. The van der Waals surface area contributed by atoms with Crippen LogP contribution in [0.2, 0.25) is 0 Å². The number of ether oxygens (including phenoxy) is 1. The first-order chi connectivity index (χ1) is 6.99. The van der Waals surface area contributed by atoms with Gasteiger partial charge in [0.25, 0.3) is 0 Å². The van der Waals surface area contributed by atoms with Gasteiger partial charge in [0.1, 0.15) is 6.61 Å². The molecule has 0 amide bonds. The fourth-order valence-corrected chi connectivity index (χ4v) is 1.52. The van der Waals surface area contributed by atoms with Crippen LogP contribution in [0.5, 0.6) is 0 Å². The Labute approximate surface area is 93.0 Å². The zero-order valence-corrected chi connectivity index (χ0v) is 10.0. The summed E-state index contributed by atoms with van der Waals surface area (Å²) in [6.07, 6.45) is 2.38. The van der Waals surface area contributed by atoms with Crippen molar-refractivity contribution in [2.75, 3.05) is 6.61 Å². The highest BCUT2D eigenvalue weighted by atomic mass is 32.2. The highest BCUT2D eigenvalue weighted by Crippen LogP contribution is 2.07. The molecule has 0 rings (SSSR count). The van der Waals surface area contributed by atoms with E-state index >= 15 is 0 Å². The Morgan fingerprint density at radius 1 is 1.60 bits per heavy atom. The van der Waals surface area contributed by atoms with E-state index in [9.17, 15) is 9.00 Å². The third-order valence-electron chi connectivity index (χ3n) is 1.91. The van der Waals surface area contributed by atoms with Crippen molar-refractivity contribution in [3.05, 3.63) is 12.2 Å². The molecule has 0 heterocycles. The van der Waals surface area contributed by atoms with E-state index < -0.39 is 22.3 Å². The van der Waals surface area contributed by atoms with E-state index in [4.69, 9.17) is 9.29 Å². The predicted molar refractivity (Wildman–Crippen MR) is 59.9 cm³/mol. The fraction of sp³-hybridized carbons (Fsp3) is 0.700. The molecule has 4 nitrogen and oxygen atoms in total. The summed E-state index contributed by atoms with van der Waals surface area (Å²) in [7, 11) is 0. The average Bonchev–Trinajstić information content (AvgIpc) is 2.16. The van der Waals surface area contributed by atoms with Gasteiger partial charge >= 0.3 is 5.97 Å². The van der Waals surface area contributed by atoms with Gasteiger partial charge in [-0.3, -0.25) is 0 Å². The van der Waals surface area contributed by atoms with Crippen LogP contribution >= 0.6 is 0 Å². The molecule has 15 heavy (non-hydrogen) atoms. The monoisotopic (exact) mass is 234 g/mol. The second-order valence-corrected chi connectivity index (χ2v) is 4.64. The van der Waals surface area contributed by atoms with Gasteiger partial charge in [-0.25, -0.2) is 9.00 Å². The van der Waals surface area contributed by atoms with Crippen LogP contribution < -0.4 is 0 Å². The number of rotatable bonds is 7. The summed E-state index contributed by atoms with van der Waals surface area (Å²) in [4.78, 5) is 11.0. The minimum Gasteiger partial charge on any atom is -0.461 e. The van der Waals surface area contributed by atoms with Crippen molar-refractivity contribution >= 4 is 17.0 Å². The minimum atomic E-state index is -1.94. The smallest absolute Gasteiger partial charge is 0.333 e. The van der Waals surface area contributed by atoms with Crippen LogP contribution in [0.15, 0.2) is 12.2 Å². The molecule has 0 aromatic rings. The number of carbonyl (C=O) groups excluding carboxylic acids is 1. The van der Waals surface area contributed by atoms with Crippen LogP contribution in [0.4, 0.5) is 0 Å². The van der Waals surface area contributed by atoms with Crippen LogP contribution in [-0.2, 0) is 20.6 Å². The third-order valence-corrected chi connectivity index (χ3v) is 2.86. The van der Waals surface area contributed by atoms with Crippen molar-refractivity contribution in [2.45, 2.75) is 38.4 Å². The van der Waals surface area contributed by atoms with Gasteiger partial charge in [-0.05, 0) is 13.3 Å². The molecule has 2 unspecified atom stereocenters. The standard InChI is InChI=1S/C10H18O4S/c1-4-5-6-9(15(12)13)7-14-10(11)8(2)3/h9H,2,4-7H2,1,3H3,(H,12,13). The van der Waals surface area contributed by atoms with Crippen LogP contribution in [-0.4, -0.2) is 26.6 Å². The molecule has 0 aliphatic carbocycles. The summed E-state index contributed by atoms with van der Waals surface area (Å²) in [5.41, 5.74) is 0.299. The number of unbranched alkanes of at least 4 members (excludes halogenated alkanes) is 1. The Morgan fingerprint density at radius 3 is 2.60 bits per heavy atom. The third kappa shape index (κ3) is 6.41.